The Morgan fingerprint density at radius 2 is 1.88 bits per heavy atom. The third-order valence-corrected chi connectivity index (χ3v) is 3.90. The van der Waals surface area contributed by atoms with Crippen molar-refractivity contribution < 1.29 is 28.0 Å². The van der Waals surface area contributed by atoms with Crippen LogP contribution in [0.5, 0.6) is 11.5 Å². The molecule has 0 saturated carbocycles. The Bertz CT molecular complexity index is 1060. The normalized spacial score (nSPS) is 11.1. The molecule has 10 heteroatoms. The fourth-order valence-electron chi connectivity index (χ4n) is 2.48. The first kappa shape index (κ1) is 20.6. The Balaban J connectivity index is 0.00000243. The van der Waals surface area contributed by atoms with E-state index in [-0.39, 0.29) is 52.0 Å². The number of H-pyrrole nitrogens is 1. The molecule has 7 nitrogen and oxygen atoms in total. The Kier molecular flexibility index (Phi) is 6.29. The topological polar surface area (TPSA) is 109 Å². The molecule has 132 valence electrons. The summed E-state index contributed by atoms with van der Waals surface area (Å²) < 4.78 is 34.3. The summed E-state index contributed by atoms with van der Waals surface area (Å²) in [6, 6.07) is 9.76. The molecule has 0 bridgehead atoms. The standard InChI is InChI=1S/C16H13FNO6P.Na.H/c1-23-14-6-5-11-15(16(14)24-25(20,21)22)13(19)8-12(18-11)9-3-2-4-10(17)7-9;;/h2-8H,1H3,(H,18,19)(H2,20,21,22);;. The zero-order valence-corrected chi connectivity index (χ0v) is 13.8. The van der Waals surface area contributed by atoms with Gasteiger partial charge in [-0.1, -0.05) is 12.1 Å². The number of aromatic nitrogens is 1. The molecule has 0 saturated heterocycles. The van der Waals surface area contributed by atoms with Crippen LogP contribution >= 0.6 is 7.82 Å². The summed E-state index contributed by atoms with van der Waals surface area (Å²) in [7, 11) is -3.63. The van der Waals surface area contributed by atoms with Crippen molar-refractivity contribution in [2.75, 3.05) is 7.11 Å². The van der Waals surface area contributed by atoms with Crippen LogP contribution in [0, 0.1) is 5.82 Å². The van der Waals surface area contributed by atoms with Gasteiger partial charge in [-0.05, 0) is 24.3 Å². The first-order valence-electron chi connectivity index (χ1n) is 7.03. The molecule has 0 unspecified atom stereocenters. The van der Waals surface area contributed by atoms with E-state index in [4.69, 9.17) is 14.5 Å². The molecule has 0 radical (unpaired) electrons. The number of benzene rings is 2. The minimum absolute atomic E-state index is 0. The van der Waals surface area contributed by atoms with Gasteiger partial charge in [-0.2, -0.15) is 0 Å². The molecule has 0 fully saturated rings. The molecule has 0 aliphatic rings. The SMILES string of the molecule is COc1ccc2[nH]c(-c3cccc(F)c3)cc(=O)c2c1OP(=O)(O)O.[NaH]. The van der Waals surface area contributed by atoms with Crippen molar-refractivity contribution in [3.8, 4) is 22.8 Å². The molecular formula is C16H14FNNaO6P. The maximum absolute atomic E-state index is 13.4. The third-order valence-electron chi connectivity index (χ3n) is 3.48. The van der Waals surface area contributed by atoms with Crippen LogP contribution in [0.1, 0.15) is 0 Å². The maximum atomic E-state index is 13.4. The molecule has 0 spiro atoms. The second-order valence-corrected chi connectivity index (χ2v) is 6.32. The van der Waals surface area contributed by atoms with E-state index in [9.17, 15) is 13.8 Å². The number of nitrogens with one attached hydrogen (secondary N) is 1. The van der Waals surface area contributed by atoms with E-state index in [0.717, 1.165) is 0 Å². The van der Waals surface area contributed by atoms with Gasteiger partial charge in [0.2, 0.25) is 0 Å². The van der Waals surface area contributed by atoms with Gasteiger partial charge in [0.25, 0.3) is 0 Å². The zero-order chi connectivity index (χ0) is 18.2. The first-order chi connectivity index (χ1) is 11.8. The molecule has 3 aromatic rings. The summed E-state index contributed by atoms with van der Waals surface area (Å²) in [5.41, 5.74) is 0.503. The monoisotopic (exact) mass is 389 g/mol. The number of pyridine rings is 1. The fraction of sp³-hybridized carbons (Fsp3) is 0.0625. The van der Waals surface area contributed by atoms with E-state index in [1.165, 1.54) is 43.5 Å². The summed E-state index contributed by atoms with van der Waals surface area (Å²) in [5, 5.41) is -0.0807. The molecule has 2 aromatic carbocycles. The molecule has 0 atom stereocenters. The van der Waals surface area contributed by atoms with Gasteiger partial charge < -0.3 is 14.2 Å². The van der Waals surface area contributed by atoms with Gasteiger partial charge in [-0.3, -0.25) is 14.6 Å². The van der Waals surface area contributed by atoms with Gasteiger partial charge in [-0.15, -0.1) is 0 Å². The van der Waals surface area contributed by atoms with Crippen molar-refractivity contribution in [2.24, 2.45) is 0 Å². The minimum atomic E-state index is -4.91. The van der Waals surface area contributed by atoms with Gasteiger partial charge >= 0.3 is 37.4 Å². The average Bonchev–Trinajstić information content (AvgIpc) is 2.53. The predicted octanol–water partition coefficient (Wildman–Crippen LogP) is 2.17. The quantitative estimate of drug-likeness (QED) is 0.466. The van der Waals surface area contributed by atoms with Gasteiger partial charge in [-0.25, -0.2) is 8.96 Å². The number of aromatic amines is 1. The van der Waals surface area contributed by atoms with E-state index in [2.05, 4.69) is 9.51 Å². The average molecular weight is 389 g/mol. The van der Waals surface area contributed by atoms with Crippen molar-refractivity contribution in [3.63, 3.8) is 0 Å². The zero-order valence-electron chi connectivity index (χ0n) is 12.9. The molecular weight excluding hydrogens is 375 g/mol. The number of ether oxygens (including phenoxy) is 1. The van der Waals surface area contributed by atoms with E-state index in [1.54, 1.807) is 6.07 Å². The van der Waals surface area contributed by atoms with Gasteiger partial charge in [0.15, 0.2) is 16.9 Å². The van der Waals surface area contributed by atoms with Crippen LogP contribution < -0.4 is 14.7 Å². The molecule has 1 aromatic heterocycles. The number of phosphoric acid groups is 1. The van der Waals surface area contributed by atoms with Crippen LogP contribution in [0.15, 0.2) is 47.3 Å². The molecule has 0 aliphatic heterocycles. The Morgan fingerprint density at radius 3 is 2.50 bits per heavy atom. The molecule has 0 aliphatic carbocycles. The summed E-state index contributed by atoms with van der Waals surface area (Å²) in [6.07, 6.45) is 0. The number of fused-ring (bicyclic) bond motifs is 1. The third kappa shape index (κ3) is 4.35. The van der Waals surface area contributed by atoms with Gasteiger partial charge in [0.1, 0.15) is 5.82 Å². The fourth-order valence-corrected chi connectivity index (χ4v) is 2.90. The summed E-state index contributed by atoms with van der Waals surface area (Å²) in [4.78, 5) is 33.6. The van der Waals surface area contributed by atoms with E-state index < -0.39 is 19.1 Å². The van der Waals surface area contributed by atoms with Crippen molar-refractivity contribution in [2.45, 2.75) is 0 Å². The Labute approximate surface area is 169 Å². The number of halogens is 1. The molecule has 3 rings (SSSR count). The second kappa shape index (κ2) is 7.92. The summed E-state index contributed by atoms with van der Waals surface area (Å²) in [6.45, 7) is 0. The first-order valence-corrected chi connectivity index (χ1v) is 8.56. The Hall–Kier alpha value is -1.67. The van der Waals surface area contributed by atoms with Crippen LogP contribution in [0.4, 0.5) is 4.39 Å². The predicted molar refractivity (Wildman–Crippen MR) is 96.3 cm³/mol. The van der Waals surface area contributed by atoms with E-state index in [0.29, 0.717) is 11.3 Å². The van der Waals surface area contributed by atoms with Crippen LogP contribution in [0.3, 0.4) is 0 Å². The van der Waals surface area contributed by atoms with Crippen molar-refractivity contribution in [1.82, 2.24) is 4.98 Å². The van der Waals surface area contributed by atoms with Crippen LogP contribution in [0.25, 0.3) is 22.2 Å². The Morgan fingerprint density at radius 1 is 1.15 bits per heavy atom. The number of rotatable bonds is 4. The molecule has 0 amide bonds. The van der Waals surface area contributed by atoms with Crippen LogP contribution in [0.2, 0.25) is 0 Å². The summed E-state index contributed by atoms with van der Waals surface area (Å²) >= 11 is 0. The van der Waals surface area contributed by atoms with Crippen LogP contribution in [-0.2, 0) is 4.57 Å². The van der Waals surface area contributed by atoms with Crippen molar-refractivity contribution in [1.29, 1.82) is 0 Å². The number of hydrogen-bond donors (Lipinski definition) is 3. The van der Waals surface area contributed by atoms with Crippen molar-refractivity contribution >= 4 is 48.3 Å². The van der Waals surface area contributed by atoms with Gasteiger partial charge in [0, 0.05) is 17.3 Å². The van der Waals surface area contributed by atoms with E-state index in [1.807, 2.05) is 0 Å². The summed E-state index contributed by atoms with van der Waals surface area (Å²) in [5.74, 6) is -0.820. The number of methoxy groups -OCH3 is 1. The molecule has 3 N–H and O–H groups in total. The molecule has 1 heterocycles. The molecule has 26 heavy (non-hydrogen) atoms. The van der Waals surface area contributed by atoms with Gasteiger partial charge in [0.05, 0.1) is 18.0 Å². The van der Waals surface area contributed by atoms with Crippen molar-refractivity contribution in [3.05, 3.63) is 58.5 Å². The number of phosphoric ester groups is 1. The second-order valence-electron chi connectivity index (χ2n) is 5.16. The number of hydrogen-bond acceptors (Lipinski definition) is 4. The van der Waals surface area contributed by atoms with Crippen LogP contribution in [-0.4, -0.2) is 51.4 Å². The van der Waals surface area contributed by atoms with E-state index >= 15 is 0 Å².